The zero-order valence-electron chi connectivity index (χ0n) is 11.5. The number of thioether (sulfide) groups is 1. The first-order chi connectivity index (χ1) is 11.1. The predicted molar refractivity (Wildman–Crippen MR) is 86.0 cm³/mol. The van der Waals surface area contributed by atoms with Gasteiger partial charge in [-0.25, -0.2) is 9.97 Å². The van der Waals surface area contributed by atoms with Gasteiger partial charge in [0.1, 0.15) is 5.03 Å². The molecule has 0 aliphatic heterocycles. The molecule has 0 unspecified atom stereocenters. The summed E-state index contributed by atoms with van der Waals surface area (Å²) in [7, 11) is 0. The molecule has 1 amide bonds. The lowest BCUT2D eigenvalue weighted by atomic mass is 10.3. The predicted octanol–water partition coefficient (Wildman–Crippen LogP) is 4.10. The largest absolute Gasteiger partial charge is 0.360 e. The van der Waals surface area contributed by atoms with Crippen molar-refractivity contribution in [1.29, 1.82) is 0 Å². The van der Waals surface area contributed by atoms with E-state index in [1.807, 2.05) is 12.1 Å². The molecule has 0 atom stereocenters. The number of thiazole rings is 1. The Labute approximate surface area is 138 Å². The van der Waals surface area contributed by atoms with Crippen molar-refractivity contribution in [2.75, 3.05) is 5.32 Å². The van der Waals surface area contributed by atoms with E-state index in [-0.39, 0.29) is 22.4 Å². The van der Waals surface area contributed by atoms with Crippen LogP contribution >= 0.6 is 23.1 Å². The van der Waals surface area contributed by atoms with Crippen molar-refractivity contribution in [2.45, 2.75) is 10.8 Å². The smallest absolute Gasteiger partial charge is 0.290 e. The fourth-order valence-electron chi connectivity index (χ4n) is 1.85. The number of alkyl halides is 2. The minimum absolute atomic E-state index is 0.0128. The van der Waals surface area contributed by atoms with E-state index < -0.39 is 11.7 Å². The van der Waals surface area contributed by atoms with E-state index in [9.17, 15) is 13.6 Å². The van der Waals surface area contributed by atoms with Gasteiger partial charge in [0.15, 0.2) is 5.13 Å². The number of carbonyl (C=O) groups excluding carboxylic acids is 1. The van der Waals surface area contributed by atoms with Gasteiger partial charge in [-0.05, 0) is 36.0 Å². The summed E-state index contributed by atoms with van der Waals surface area (Å²) in [5.41, 5.74) is 1.62. The normalized spacial score (nSPS) is 10.9. The minimum atomic E-state index is -2.64. The maximum Gasteiger partial charge on any atom is 0.290 e. The quantitative estimate of drug-likeness (QED) is 0.678. The van der Waals surface area contributed by atoms with Crippen molar-refractivity contribution < 1.29 is 13.6 Å². The van der Waals surface area contributed by atoms with Crippen LogP contribution in [-0.2, 0) is 0 Å². The number of hydrogen-bond donors (Lipinski definition) is 2. The molecule has 3 rings (SSSR count). The molecular weight excluding hydrogens is 342 g/mol. The van der Waals surface area contributed by atoms with E-state index >= 15 is 0 Å². The van der Waals surface area contributed by atoms with Crippen LogP contribution in [0.3, 0.4) is 0 Å². The summed E-state index contributed by atoms with van der Waals surface area (Å²) >= 11 is 1.49. The minimum Gasteiger partial charge on any atom is -0.360 e. The van der Waals surface area contributed by atoms with Gasteiger partial charge in [-0.15, -0.1) is 11.3 Å². The molecule has 0 spiro atoms. The van der Waals surface area contributed by atoms with Crippen molar-refractivity contribution in [2.24, 2.45) is 0 Å². The maximum absolute atomic E-state index is 12.5. The topological polar surface area (TPSA) is 70.7 Å². The van der Waals surface area contributed by atoms with Crippen LogP contribution in [0, 0.1) is 0 Å². The Morgan fingerprint density at radius 2 is 2.22 bits per heavy atom. The molecule has 23 heavy (non-hydrogen) atoms. The Kier molecular flexibility index (Phi) is 4.68. The highest BCUT2D eigenvalue weighted by Gasteiger charge is 2.18. The van der Waals surface area contributed by atoms with Crippen molar-refractivity contribution >= 4 is 34.1 Å². The lowest BCUT2D eigenvalue weighted by molar-refractivity contribution is 0.102. The highest BCUT2D eigenvalue weighted by atomic mass is 32.2. The zero-order chi connectivity index (χ0) is 16.2. The van der Waals surface area contributed by atoms with Crippen LogP contribution in [0.15, 0.2) is 47.1 Å². The SMILES string of the molecule is O=C(Nc1nc(-c2ccc[nH]2)cs1)c1cccnc1SC(F)F. The molecular formula is C14H10F2N4OS2. The van der Waals surface area contributed by atoms with Gasteiger partial charge >= 0.3 is 0 Å². The van der Waals surface area contributed by atoms with Gasteiger partial charge in [0, 0.05) is 17.8 Å². The molecule has 5 nitrogen and oxygen atoms in total. The van der Waals surface area contributed by atoms with Crippen LogP contribution in [0.1, 0.15) is 10.4 Å². The second kappa shape index (κ2) is 6.88. The zero-order valence-corrected chi connectivity index (χ0v) is 13.1. The Hall–Kier alpha value is -2.26. The van der Waals surface area contributed by atoms with Crippen LogP contribution in [0.25, 0.3) is 11.4 Å². The summed E-state index contributed by atoms with van der Waals surface area (Å²) < 4.78 is 25.1. The number of rotatable bonds is 5. The van der Waals surface area contributed by atoms with Gasteiger partial charge in [-0.2, -0.15) is 8.78 Å². The highest BCUT2D eigenvalue weighted by molar-refractivity contribution is 7.99. The average molecular weight is 352 g/mol. The van der Waals surface area contributed by atoms with Crippen LogP contribution in [0.2, 0.25) is 0 Å². The van der Waals surface area contributed by atoms with Crippen molar-refractivity contribution in [3.63, 3.8) is 0 Å². The molecule has 0 fully saturated rings. The van der Waals surface area contributed by atoms with E-state index in [1.165, 1.54) is 29.7 Å². The molecule has 2 N–H and O–H groups in total. The molecule has 0 saturated carbocycles. The standard InChI is InChI=1S/C14H10F2N4OS2/c15-13(16)23-12-8(3-1-6-18-12)11(21)20-14-19-10(7-22-14)9-4-2-5-17-9/h1-7,13,17H,(H,19,20,21). The number of pyridine rings is 1. The molecule has 0 aromatic carbocycles. The number of halogens is 2. The molecule has 118 valence electrons. The Morgan fingerprint density at radius 3 is 2.96 bits per heavy atom. The lowest BCUT2D eigenvalue weighted by Crippen LogP contribution is -2.13. The number of carbonyl (C=O) groups is 1. The lowest BCUT2D eigenvalue weighted by Gasteiger charge is -2.06. The Morgan fingerprint density at radius 1 is 1.35 bits per heavy atom. The maximum atomic E-state index is 12.5. The van der Waals surface area contributed by atoms with Crippen LogP contribution in [0.4, 0.5) is 13.9 Å². The first kappa shape index (κ1) is 15.6. The van der Waals surface area contributed by atoms with Gasteiger partial charge in [0.25, 0.3) is 11.7 Å². The second-order valence-electron chi connectivity index (χ2n) is 4.31. The third-order valence-corrected chi connectivity index (χ3v) is 4.30. The van der Waals surface area contributed by atoms with Crippen molar-refractivity contribution in [1.82, 2.24) is 15.0 Å². The first-order valence-corrected chi connectivity index (χ1v) is 8.20. The third kappa shape index (κ3) is 3.74. The van der Waals surface area contributed by atoms with E-state index in [0.717, 1.165) is 5.69 Å². The molecule has 0 aliphatic carbocycles. The van der Waals surface area contributed by atoms with E-state index in [2.05, 4.69) is 20.3 Å². The molecule has 0 saturated heterocycles. The molecule has 0 radical (unpaired) electrons. The van der Waals surface area contributed by atoms with Crippen LogP contribution in [-0.4, -0.2) is 26.6 Å². The summed E-state index contributed by atoms with van der Waals surface area (Å²) in [6.45, 7) is 0. The van der Waals surface area contributed by atoms with E-state index in [1.54, 1.807) is 11.6 Å². The monoisotopic (exact) mass is 352 g/mol. The van der Waals surface area contributed by atoms with Crippen molar-refractivity contribution in [3.8, 4) is 11.4 Å². The number of aromatic amines is 1. The van der Waals surface area contributed by atoms with Crippen LogP contribution in [0.5, 0.6) is 0 Å². The van der Waals surface area contributed by atoms with E-state index in [0.29, 0.717) is 10.8 Å². The summed E-state index contributed by atoms with van der Waals surface area (Å²) in [6, 6.07) is 6.68. The average Bonchev–Trinajstić information content (AvgIpc) is 3.17. The number of nitrogens with zero attached hydrogens (tertiary/aromatic N) is 2. The summed E-state index contributed by atoms with van der Waals surface area (Å²) in [5.74, 6) is -3.16. The third-order valence-electron chi connectivity index (χ3n) is 2.82. The van der Waals surface area contributed by atoms with Gasteiger partial charge in [-0.1, -0.05) is 0 Å². The number of nitrogens with one attached hydrogen (secondary N) is 2. The molecule has 9 heteroatoms. The number of hydrogen-bond acceptors (Lipinski definition) is 5. The molecule has 3 aromatic rings. The Balaban J connectivity index is 1.77. The van der Waals surface area contributed by atoms with Gasteiger partial charge in [-0.3, -0.25) is 10.1 Å². The molecule has 3 aromatic heterocycles. The fourth-order valence-corrected chi connectivity index (χ4v) is 3.13. The summed E-state index contributed by atoms with van der Waals surface area (Å²) in [6.07, 6.45) is 3.14. The van der Waals surface area contributed by atoms with Gasteiger partial charge in [0.2, 0.25) is 0 Å². The number of anilines is 1. The van der Waals surface area contributed by atoms with Gasteiger partial charge < -0.3 is 4.98 Å². The van der Waals surface area contributed by atoms with E-state index in [4.69, 9.17) is 0 Å². The fraction of sp³-hybridized carbons (Fsp3) is 0.0714. The van der Waals surface area contributed by atoms with Crippen molar-refractivity contribution in [3.05, 3.63) is 47.6 Å². The highest BCUT2D eigenvalue weighted by Crippen LogP contribution is 2.28. The molecule has 0 aliphatic rings. The number of aromatic nitrogens is 3. The second-order valence-corrected chi connectivity index (χ2v) is 6.15. The Bertz CT molecular complexity index is 805. The van der Waals surface area contributed by atoms with Gasteiger partial charge in [0.05, 0.1) is 17.0 Å². The molecule has 3 heterocycles. The first-order valence-electron chi connectivity index (χ1n) is 6.44. The molecule has 0 bridgehead atoms. The number of H-pyrrole nitrogens is 1. The van der Waals surface area contributed by atoms with Crippen LogP contribution < -0.4 is 5.32 Å². The summed E-state index contributed by atoms with van der Waals surface area (Å²) in [4.78, 5) is 23.4. The number of amides is 1. The summed E-state index contributed by atoms with van der Waals surface area (Å²) in [5, 5.41) is 4.77.